The molecule has 0 bridgehead atoms. The maximum absolute atomic E-state index is 11.2. The molecule has 98 valence electrons. The molecule has 18 heavy (non-hydrogen) atoms. The Labute approximate surface area is 104 Å². The lowest BCUT2D eigenvalue weighted by Gasteiger charge is -2.18. The van der Waals surface area contributed by atoms with Crippen molar-refractivity contribution in [2.45, 2.75) is 25.9 Å². The highest BCUT2D eigenvalue weighted by molar-refractivity contribution is 5.74. The Balaban J connectivity index is 2.80. The molecule has 0 aliphatic carbocycles. The molecule has 8 heteroatoms. The van der Waals surface area contributed by atoms with E-state index < -0.39 is 12.0 Å². The first-order chi connectivity index (χ1) is 8.57. The molecule has 1 unspecified atom stereocenters. The third kappa shape index (κ3) is 3.47. The normalized spacial score (nSPS) is 12.2. The number of nitrogens with one attached hydrogen (secondary N) is 1. The van der Waals surface area contributed by atoms with Crippen LogP contribution in [-0.4, -0.2) is 33.7 Å². The molecule has 0 aromatic carbocycles. The van der Waals surface area contributed by atoms with Crippen LogP contribution in [0.2, 0.25) is 0 Å². The van der Waals surface area contributed by atoms with Gasteiger partial charge in [0.2, 0.25) is 0 Å². The van der Waals surface area contributed by atoms with E-state index in [9.17, 15) is 9.90 Å². The van der Waals surface area contributed by atoms with Crippen LogP contribution >= 0.6 is 0 Å². The van der Waals surface area contributed by atoms with Crippen LogP contribution in [0.4, 0.5) is 0 Å². The third-order valence-electron chi connectivity index (χ3n) is 2.42. The predicted octanol–water partition coefficient (Wildman–Crippen LogP) is 1.49. The van der Waals surface area contributed by atoms with Gasteiger partial charge in [-0.05, 0) is 19.4 Å². The first-order valence-corrected chi connectivity index (χ1v) is 5.56. The summed E-state index contributed by atoms with van der Waals surface area (Å²) in [5, 5.41) is 15.4. The van der Waals surface area contributed by atoms with Gasteiger partial charge in [-0.3, -0.25) is 10.1 Å². The summed E-state index contributed by atoms with van der Waals surface area (Å²) in [6, 6.07) is -0.730. The zero-order chi connectivity index (χ0) is 13.5. The summed E-state index contributed by atoms with van der Waals surface area (Å²) in [5.41, 5.74) is 8.72. The number of aromatic nitrogens is 2. The molecule has 2 N–H and O–H groups in total. The maximum Gasteiger partial charge on any atom is 0.326 e. The van der Waals surface area contributed by atoms with Crippen LogP contribution < -0.4 is 5.32 Å². The number of imidazole rings is 1. The molecular weight excluding hydrogens is 236 g/mol. The first-order valence-electron chi connectivity index (χ1n) is 5.56. The molecule has 1 aromatic rings. The fourth-order valence-corrected chi connectivity index (χ4v) is 1.59. The molecule has 1 rings (SSSR count). The Morgan fingerprint density at radius 1 is 1.72 bits per heavy atom. The average molecular weight is 252 g/mol. The first kappa shape index (κ1) is 14.0. The molecule has 0 fully saturated rings. The van der Waals surface area contributed by atoms with Gasteiger partial charge in [0.05, 0.1) is 18.2 Å². The van der Waals surface area contributed by atoms with E-state index >= 15 is 0 Å². The van der Waals surface area contributed by atoms with Gasteiger partial charge < -0.3 is 9.67 Å². The monoisotopic (exact) mass is 252 g/mol. The van der Waals surface area contributed by atoms with Crippen molar-refractivity contribution in [2.24, 2.45) is 5.11 Å². The van der Waals surface area contributed by atoms with Crippen LogP contribution in [0.1, 0.15) is 31.6 Å². The standard InChI is InChI=1S/C10H16N6O2/c1-7(2)16-6-12-5-8(16)9(10(17)18)13-3-4-14-15-11/h5-7,9,13H,3-4H2,1-2H3,(H,17,18). The quantitative estimate of drug-likeness (QED) is 0.331. The predicted molar refractivity (Wildman–Crippen MR) is 65.0 cm³/mol. The lowest BCUT2D eigenvalue weighted by molar-refractivity contribution is -0.139. The summed E-state index contributed by atoms with van der Waals surface area (Å²) >= 11 is 0. The Morgan fingerprint density at radius 2 is 2.44 bits per heavy atom. The summed E-state index contributed by atoms with van der Waals surface area (Å²) in [5.74, 6) is -0.988. The van der Waals surface area contributed by atoms with Gasteiger partial charge in [0, 0.05) is 24.0 Å². The van der Waals surface area contributed by atoms with Crippen molar-refractivity contribution in [1.29, 1.82) is 0 Å². The zero-order valence-corrected chi connectivity index (χ0v) is 10.3. The molecule has 1 atom stereocenters. The number of rotatable bonds is 7. The van der Waals surface area contributed by atoms with Gasteiger partial charge in [-0.25, -0.2) is 4.98 Å². The van der Waals surface area contributed by atoms with E-state index in [4.69, 9.17) is 5.53 Å². The fraction of sp³-hybridized carbons (Fsp3) is 0.600. The van der Waals surface area contributed by atoms with E-state index in [0.717, 1.165) is 0 Å². The topological polar surface area (TPSA) is 116 Å². The number of azide groups is 1. The second kappa shape index (κ2) is 6.63. The number of nitrogens with zero attached hydrogens (tertiary/aromatic N) is 5. The maximum atomic E-state index is 11.2. The van der Waals surface area contributed by atoms with Crippen LogP contribution in [0, 0.1) is 0 Å². The van der Waals surface area contributed by atoms with Gasteiger partial charge in [-0.2, -0.15) is 0 Å². The van der Waals surface area contributed by atoms with Gasteiger partial charge in [-0.1, -0.05) is 5.11 Å². The molecule has 8 nitrogen and oxygen atoms in total. The summed E-state index contributed by atoms with van der Waals surface area (Å²) in [7, 11) is 0. The number of carbonyl (C=O) groups is 1. The van der Waals surface area contributed by atoms with Gasteiger partial charge in [0.15, 0.2) is 0 Å². The lowest BCUT2D eigenvalue weighted by atomic mass is 10.2. The van der Waals surface area contributed by atoms with Crippen molar-refractivity contribution in [3.63, 3.8) is 0 Å². The van der Waals surface area contributed by atoms with Crippen LogP contribution in [0.3, 0.4) is 0 Å². The SMILES string of the molecule is CC(C)n1cncc1C(NCCN=[N+]=[N-])C(=O)O. The summed E-state index contributed by atoms with van der Waals surface area (Å²) in [4.78, 5) is 17.8. The van der Waals surface area contributed by atoms with E-state index in [1.807, 2.05) is 13.8 Å². The third-order valence-corrected chi connectivity index (χ3v) is 2.42. The van der Waals surface area contributed by atoms with E-state index in [0.29, 0.717) is 12.2 Å². The summed E-state index contributed by atoms with van der Waals surface area (Å²) in [6.07, 6.45) is 3.13. The average Bonchev–Trinajstić information content (AvgIpc) is 2.77. The van der Waals surface area contributed by atoms with Gasteiger partial charge in [0.25, 0.3) is 0 Å². The Morgan fingerprint density at radius 3 is 3.00 bits per heavy atom. The highest BCUT2D eigenvalue weighted by atomic mass is 16.4. The van der Waals surface area contributed by atoms with Gasteiger partial charge in [0.1, 0.15) is 6.04 Å². The second-order valence-electron chi connectivity index (χ2n) is 4.00. The molecule has 1 aromatic heterocycles. The molecule has 0 aliphatic heterocycles. The van der Waals surface area contributed by atoms with Crippen LogP contribution in [0.15, 0.2) is 17.6 Å². The number of hydrogen-bond donors (Lipinski definition) is 2. The number of aliphatic carboxylic acids is 1. The van der Waals surface area contributed by atoms with E-state index in [1.54, 1.807) is 10.9 Å². The largest absolute Gasteiger partial charge is 0.480 e. The molecule has 0 saturated heterocycles. The van der Waals surface area contributed by atoms with Crippen molar-refractivity contribution < 1.29 is 9.90 Å². The molecule has 0 aliphatic rings. The molecule has 0 amide bonds. The molecule has 0 saturated carbocycles. The van der Waals surface area contributed by atoms with E-state index in [2.05, 4.69) is 20.3 Å². The Bertz CT molecular complexity index is 449. The van der Waals surface area contributed by atoms with Crippen LogP contribution in [0.25, 0.3) is 10.4 Å². The number of hydrogen-bond acceptors (Lipinski definition) is 4. The lowest BCUT2D eigenvalue weighted by Crippen LogP contribution is -2.32. The fourth-order valence-electron chi connectivity index (χ4n) is 1.59. The smallest absolute Gasteiger partial charge is 0.326 e. The van der Waals surface area contributed by atoms with Crippen molar-refractivity contribution >= 4 is 5.97 Å². The molecular formula is C10H16N6O2. The number of carboxylic acids is 1. The number of carboxylic acid groups (broad SMARTS) is 1. The van der Waals surface area contributed by atoms with Gasteiger partial charge in [-0.15, -0.1) is 0 Å². The minimum atomic E-state index is -0.988. The van der Waals surface area contributed by atoms with Crippen LogP contribution in [-0.2, 0) is 4.79 Å². The molecule has 0 radical (unpaired) electrons. The van der Waals surface area contributed by atoms with Crippen molar-refractivity contribution in [1.82, 2.24) is 14.9 Å². The van der Waals surface area contributed by atoms with Crippen molar-refractivity contribution in [3.05, 3.63) is 28.7 Å². The van der Waals surface area contributed by atoms with Crippen molar-refractivity contribution in [3.8, 4) is 0 Å². The van der Waals surface area contributed by atoms with E-state index in [-0.39, 0.29) is 12.6 Å². The van der Waals surface area contributed by atoms with Crippen molar-refractivity contribution in [2.75, 3.05) is 13.1 Å². The molecule has 0 spiro atoms. The molecule has 1 heterocycles. The minimum Gasteiger partial charge on any atom is -0.480 e. The zero-order valence-electron chi connectivity index (χ0n) is 10.3. The Hall–Kier alpha value is -2.05. The summed E-state index contributed by atoms with van der Waals surface area (Å²) in [6.45, 7) is 4.40. The summed E-state index contributed by atoms with van der Waals surface area (Å²) < 4.78 is 1.79. The second-order valence-corrected chi connectivity index (χ2v) is 4.00. The van der Waals surface area contributed by atoms with E-state index in [1.165, 1.54) is 6.20 Å². The van der Waals surface area contributed by atoms with Crippen LogP contribution in [0.5, 0.6) is 0 Å². The highest BCUT2D eigenvalue weighted by Gasteiger charge is 2.23. The van der Waals surface area contributed by atoms with Gasteiger partial charge >= 0.3 is 5.97 Å². The Kier molecular flexibility index (Phi) is 5.16. The minimum absolute atomic E-state index is 0.128. The highest BCUT2D eigenvalue weighted by Crippen LogP contribution is 2.17.